The van der Waals surface area contributed by atoms with Gasteiger partial charge < -0.3 is 18.9 Å². The zero-order valence-electron chi connectivity index (χ0n) is 19.2. The largest absolute Gasteiger partial charge is 1.00 e. The molecule has 0 aromatic rings. The van der Waals surface area contributed by atoms with Crippen molar-refractivity contribution in [1.82, 2.24) is 9.80 Å². The third-order valence-corrected chi connectivity index (χ3v) is 5.64. The number of unbranched alkanes of at least 4 members (excludes halogenated alkanes) is 2. The van der Waals surface area contributed by atoms with E-state index in [4.69, 9.17) is 0 Å². The van der Waals surface area contributed by atoms with Gasteiger partial charge in [0.05, 0.1) is 31.7 Å². The van der Waals surface area contributed by atoms with Gasteiger partial charge in [-0.3, -0.25) is 9.59 Å². The van der Waals surface area contributed by atoms with Crippen LogP contribution in [-0.4, -0.2) is 85.2 Å². The number of nitrogens with zero attached hydrogens (tertiary/aromatic N) is 2. The zero-order chi connectivity index (χ0) is 22.5. The minimum absolute atomic E-state index is 0. The summed E-state index contributed by atoms with van der Waals surface area (Å²) in [5.41, 5.74) is 0. The van der Waals surface area contributed by atoms with E-state index >= 15 is 0 Å². The first-order valence-corrected chi connectivity index (χ1v) is 13.0. The van der Waals surface area contributed by atoms with E-state index in [2.05, 4.69) is 0 Å². The van der Waals surface area contributed by atoms with Crippen molar-refractivity contribution in [2.45, 2.75) is 58.8 Å². The third kappa shape index (κ3) is 21.1. The Morgan fingerprint density at radius 3 is 1.23 bits per heavy atom. The molecule has 172 valence electrons. The van der Waals surface area contributed by atoms with Crippen LogP contribution in [0.15, 0.2) is 0 Å². The maximum atomic E-state index is 12.3. The normalized spacial score (nSPS) is 11.2. The van der Waals surface area contributed by atoms with Gasteiger partial charge in [0.2, 0.25) is 11.8 Å². The van der Waals surface area contributed by atoms with Gasteiger partial charge in [0.1, 0.15) is 0 Å². The van der Waals surface area contributed by atoms with Gasteiger partial charge in [-0.1, -0.05) is 26.7 Å². The minimum atomic E-state index is -4.43. The van der Waals surface area contributed by atoms with Gasteiger partial charge in [0.15, 0.2) is 0 Å². The molecule has 10 nitrogen and oxygen atoms in total. The van der Waals surface area contributed by atoms with Crippen molar-refractivity contribution in [2.75, 3.05) is 37.7 Å². The number of hydrogen-bond acceptors (Lipinski definition) is 8. The fraction of sp³-hybridized carbons (Fsp3) is 0.882. The van der Waals surface area contributed by atoms with Crippen molar-refractivity contribution in [2.24, 2.45) is 0 Å². The van der Waals surface area contributed by atoms with Crippen LogP contribution in [-0.2, 0) is 29.8 Å². The van der Waals surface area contributed by atoms with Gasteiger partial charge in [-0.05, 0) is 19.3 Å². The Labute approximate surface area is 231 Å². The summed E-state index contributed by atoms with van der Waals surface area (Å²) < 4.78 is 64.9. The van der Waals surface area contributed by atoms with E-state index in [1.807, 2.05) is 13.8 Å². The predicted molar refractivity (Wildman–Crippen MR) is 106 cm³/mol. The molecule has 0 aliphatic heterocycles. The van der Waals surface area contributed by atoms with Crippen LogP contribution in [0.2, 0.25) is 0 Å². The Kier molecular flexibility index (Phi) is 22.4. The molecule has 0 aromatic heterocycles. The summed E-state index contributed by atoms with van der Waals surface area (Å²) >= 11 is 0. The molecule has 0 spiro atoms. The van der Waals surface area contributed by atoms with Crippen molar-refractivity contribution in [3.63, 3.8) is 0 Å². The van der Waals surface area contributed by atoms with Gasteiger partial charge in [0.25, 0.3) is 0 Å². The number of carbonyl (C=O) groups is 2. The molecule has 0 aromatic carbocycles. The van der Waals surface area contributed by atoms with Crippen molar-refractivity contribution in [3.05, 3.63) is 0 Å². The quantitative estimate of drug-likeness (QED) is 0.150. The maximum absolute atomic E-state index is 12.3. The van der Waals surface area contributed by atoms with Crippen molar-refractivity contribution < 1.29 is 94.6 Å². The smallest absolute Gasteiger partial charge is 0.748 e. The maximum Gasteiger partial charge on any atom is 1.00 e. The van der Waals surface area contributed by atoms with Gasteiger partial charge >= 0.3 is 59.1 Å². The molecule has 0 aliphatic rings. The molecular weight excluding hydrogens is 470 g/mol. The van der Waals surface area contributed by atoms with Crippen LogP contribution < -0.4 is 59.1 Å². The Bertz CT molecular complexity index is 658. The van der Waals surface area contributed by atoms with Crippen molar-refractivity contribution >= 4 is 32.1 Å². The Balaban J connectivity index is -0.00000392. The van der Waals surface area contributed by atoms with Crippen LogP contribution >= 0.6 is 0 Å². The van der Waals surface area contributed by atoms with Crippen LogP contribution in [0.4, 0.5) is 0 Å². The van der Waals surface area contributed by atoms with Crippen LogP contribution in [0.5, 0.6) is 0 Å². The summed E-state index contributed by atoms with van der Waals surface area (Å²) in [6, 6.07) is 0. The average molecular weight is 503 g/mol. The zero-order valence-corrected chi connectivity index (χ0v) is 24.8. The first-order chi connectivity index (χ1) is 13.4. The number of amides is 2. The molecular formula is C17H32N2Na2O8S2. The van der Waals surface area contributed by atoms with Crippen LogP contribution in [0, 0.1) is 0 Å². The molecule has 14 heteroatoms. The molecule has 0 saturated heterocycles. The SMILES string of the molecule is CCCCN(CCS(=O)(=O)[O-])C(=O)CCCC(=O)N(CCCC)CCS(=O)(=O)[O-].[Na+].[Na+]. The van der Waals surface area contributed by atoms with Gasteiger partial charge in [0, 0.05) is 39.0 Å². The summed E-state index contributed by atoms with van der Waals surface area (Å²) in [4.78, 5) is 27.3. The van der Waals surface area contributed by atoms with E-state index in [0.717, 1.165) is 12.8 Å². The van der Waals surface area contributed by atoms with Gasteiger partial charge in [-0.2, -0.15) is 0 Å². The molecule has 0 heterocycles. The molecule has 0 atom stereocenters. The van der Waals surface area contributed by atoms with E-state index in [9.17, 15) is 35.5 Å². The topological polar surface area (TPSA) is 155 Å². The summed E-state index contributed by atoms with van der Waals surface area (Å²) in [5.74, 6) is -1.99. The predicted octanol–water partition coefficient (Wildman–Crippen LogP) is -5.49. The number of hydrogen-bond donors (Lipinski definition) is 0. The molecule has 0 rings (SSSR count). The first kappa shape index (κ1) is 36.3. The second kappa shape index (κ2) is 19.1. The second-order valence-electron chi connectivity index (χ2n) is 6.85. The Hall–Kier alpha value is 0.760. The molecule has 0 fully saturated rings. The van der Waals surface area contributed by atoms with Crippen LogP contribution in [0.1, 0.15) is 58.8 Å². The van der Waals surface area contributed by atoms with E-state index in [0.29, 0.717) is 25.9 Å². The number of carbonyl (C=O) groups excluding carboxylic acids is 2. The second-order valence-corrected chi connectivity index (χ2v) is 9.89. The standard InChI is InChI=1S/C17H34N2O8S2.2Na/c1-3-5-10-18(12-14-28(22,23)24)16(20)8-7-9-17(21)19(11-6-4-2)13-15-29(25,26)27;;/h3-15H2,1-2H3,(H,22,23,24)(H,25,26,27);;/q;2*+1/p-2. The van der Waals surface area contributed by atoms with E-state index in [1.54, 1.807) is 0 Å². The minimum Gasteiger partial charge on any atom is -0.748 e. The molecule has 2 amide bonds. The molecule has 0 N–H and O–H groups in total. The van der Waals surface area contributed by atoms with Crippen LogP contribution in [0.3, 0.4) is 0 Å². The molecule has 0 unspecified atom stereocenters. The summed E-state index contributed by atoms with van der Waals surface area (Å²) in [5, 5.41) is 0. The van der Waals surface area contributed by atoms with Crippen molar-refractivity contribution in [3.8, 4) is 0 Å². The average Bonchev–Trinajstić information content (AvgIpc) is 2.59. The fourth-order valence-electron chi connectivity index (χ4n) is 2.57. The molecule has 0 saturated carbocycles. The van der Waals surface area contributed by atoms with E-state index in [1.165, 1.54) is 9.80 Å². The fourth-order valence-corrected chi connectivity index (χ4v) is 3.46. The number of rotatable bonds is 16. The molecule has 31 heavy (non-hydrogen) atoms. The van der Waals surface area contributed by atoms with Gasteiger partial charge in [-0.15, -0.1) is 0 Å². The first-order valence-electron chi connectivity index (χ1n) is 9.82. The van der Waals surface area contributed by atoms with E-state index in [-0.39, 0.29) is 103 Å². The Morgan fingerprint density at radius 2 is 0.968 bits per heavy atom. The summed E-state index contributed by atoms with van der Waals surface area (Å²) in [7, 11) is -8.86. The van der Waals surface area contributed by atoms with Crippen LogP contribution in [0.25, 0.3) is 0 Å². The molecule has 0 aliphatic carbocycles. The molecule has 0 bridgehead atoms. The summed E-state index contributed by atoms with van der Waals surface area (Å²) in [6.07, 6.45) is 3.14. The van der Waals surface area contributed by atoms with Gasteiger partial charge in [-0.25, -0.2) is 16.8 Å². The molecule has 0 radical (unpaired) electrons. The van der Waals surface area contributed by atoms with Crippen molar-refractivity contribution in [1.29, 1.82) is 0 Å². The third-order valence-electron chi connectivity index (χ3n) is 4.27. The Morgan fingerprint density at radius 1 is 0.645 bits per heavy atom. The summed E-state index contributed by atoms with van der Waals surface area (Å²) in [6.45, 7) is 4.15. The van der Waals surface area contributed by atoms with E-state index < -0.39 is 31.7 Å². The monoisotopic (exact) mass is 502 g/mol.